The number of ether oxygens (including phenoxy) is 2. The predicted molar refractivity (Wildman–Crippen MR) is 158 cm³/mol. The molecule has 200 valence electrons. The summed E-state index contributed by atoms with van der Waals surface area (Å²) in [6, 6.07) is 22.5. The lowest BCUT2D eigenvalue weighted by Gasteiger charge is -2.31. The molecule has 39 heavy (non-hydrogen) atoms. The normalized spacial score (nSPS) is 20.0. The van der Waals surface area contributed by atoms with Crippen molar-refractivity contribution in [1.82, 2.24) is 9.88 Å². The van der Waals surface area contributed by atoms with Gasteiger partial charge >= 0.3 is 0 Å². The standard InChI is InChI=1S/C33H34N2O3S/c1-21-13-14-35(18-21)22(2)19-37-28-10-7-24(8-11-28)33-32(23(3)29-16-27(36)9-12-30(29)38-33)26-6-4-5-25(15-26)31-17-34-20-39-31/h4-12,15-17,20-22,33,36H,13-14,18-19H2,1-3H3. The molecule has 2 aliphatic heterocycles. The van der Waals surface area contributed by atoms with Gasteiger partial charge in [0, 0.05) is 29.9 Å². The molecular weight excluding hydrogens is 504 g/mol. The summed E-state index contributed by atoms with van der Waals surface area (Å²) in [6.45, 7) is 9.67. The van der Waals surface area contributed by atoms with Crippen LogP contribution in [0.1, 0.15) is 50.0 Å². The van der Waals surface area contributed by atoms with Crippen molar-refractivity contribution in [2.75, 3.05) is 19.7 Å². The minimum atomic E-state index is -0.294. The van der Waals surface area contributed by atoms with Gasteiger partial charge in [-0.15, -0.1) is 11.3 Å². The fourth-order valence-electron chi connectivity index (χ4n) is 5.67. The van der Waals surface area contributed by atoms with E-state index in [4.69, 9.17) is 9.47 Å². The lowest BCUT2D eigenvalue weighted by molar-refractivity contribution is 0.169. The summed E-state index contributed by atoms with van der Waals surface area (Å²) in [6.07, 6.45) is 2.88. The Labute approximate surface area is 234 Å². The number of phenols is 1. The molecule has 5 nitrogen and oxygen atoms in total. The van der Waals surface area contributed by atoms with Crippen LogP contribution in [-0.2, 0) is 0 Å². The van der Waals surface area contributed by atoms with Crippen LogP contribution in [0.2, 0.25) is 0 Å². The molecule has 2 aliphatic rings. The lowest BCUT2D eigenvalue weighted by atomic mass is 9.85. The van der Waals surface area contributed by atoms with Gasteiger partial charge in [-0.2, -0.15) is 0 Å². The molecule has 0 spiro atoms. The topological polar surface area (TPSA) is 54.8 Å². The van der Waals surface area contributed by atoms with E-state index in [0.29, 0.717) is 12.6 Å². The van der Waals surface area contributed by atoms with Crippen molar-refractivity contribution < 1.29 is 14.6 Å². The van der Waals surface area contributed by atoms with Crippen molar-refractivity contribution >= 4 is 22.5 Å². The van der Waals surface area contributed by atoms with Gasteiger partial charge in [-0.3, -0.25) is 9.88 Å². The Morgan fingerprint density at radius 1 is 1.10 bits per heavy atom. The average Bonchev–Trinajstić information content (AvgIpc) is 3.65. The van der Waals surface area contributed by atoms with Crippen LogP contribution in [0, 0.1) is 5.92 Å². The van der Waals surface area contributed by atoms with E-state index in [2.05, 4.69) is 67.1 Å². The zero-order chi connectivity index (χ0) is 26.9. The predicted octanol–water partition coefficient (Wildman–Crippen LogP) is 7.69. The van der Waals surface area contributed by atoms with Gasteiger partial charge in [-0.05, 0) is 91.4 Å². The average molecular weight is 539 g/mol. The SMILES string of the molecule is CC1=C(c2cccc(-c3cncs3)c2)C(c2ccc(OCC(C)N3CCC(C)C3)cc2)Oc2ccc(O)cc21. The molecule has 0 saturated carbocycles. The van der Waals surface area contributed by atoms with E-state index < -0.39 is 0 Å². The van der Waals surface area contributed by atoms with Gasteiger partial charge in [-0.25, -0.2) is 0 Å². The van der Waals surface area contributed by atoms with Crippen molar-refractivity contribution in [3.63, 3.8) is 0 Å². The second-order valence-corrected chi connectivity index (χ2v) is 11.7. The van der Waals surface area contributed by atoms with Crippen molar-refractivity contribution in [3.05, 3.63) is 95.1 Å². The number of rotatable bonds is 7. The molecule has 1 saturated heterocycles. The molecule has 3 heterocycles. The van der Waals surface area contributed by atoms with Crippen molar-refractivity contribution in [1.29, 1.82) is 0 Å². The first-order chi connectivity index (χ1) is 19.0. The first-order valence-corrected chi connectivity index (χ1v) is 14.5. The zero-order valence-electron chi connectivity index (χ0n) is 22.6. The number of phenolic OH excluding ortho intramolecular Hbond substituents is 1. The summed E-state index contributed by atoms with van der Waals surface area (Å²) in [5.74, 6) is 2.64. The minimum Gasteiger partial charge on any atom is -0.508 e. The molecule has 1 fully saturated rings. The third-order valence-corrected chi connectivity index (χ3v) is 8.74. The number of nitrogens with zero attached hydrogens (tertiary/aromatic N) is 2. The van der Waals surface area contributed by atoms with Crippen LogP contribution in [0.15, 0.2) is 78.4 Å². The molecule has 1 N–H and O–H groups in total. The van der Waals surface area contributed by atoms with Crippen molar-refractivity contribution in [2.45, 2.75) is 39.3 Å². The Bertz CT molecular complexity index is 1480. The number of hydrogen-bond acceptors (Lipinski definition) is 6. The smallest absolute Gasteiger partial charge is 0.150 e. The zero-order valence-corrected chi connectivity index (χ0v) is 23.4. The molecule has 6 heteroatoms. The molecule has 0 radical (unpaired) electrons. The minimum absolute atomic E-state index is 0.229. The van der Waals surface area contributed by atoms with Gasteiger partial charge in [0.1, 0.15) is 30.0 Å². The van der Waals surface area contributed by atoms with Crippen LogP contribution < -0.4 is 9.47 Å². The maximum atomic E-state index is 10.2. The van der Waals surface area contributed by atoms with Gasteiger partial charge in [0.05, 0.1) is 10.4 Å². The summed E-state index contributed by atoms with van der Waals surface area (Å²) in [7, 11) is 0. The van der Waals surface area contributed by atoms with E-state index in [1.54, 1.807) is 23.5 Å². The van der Waals surface area contributed by atoms with Gasteiger partial charge in [0.15, 0.2) is 0 Å². The summed E-state index contributed by atoms with van der Waals surface area (Å²) < 4.78 is 12.8. The molecule has 3 unspecified atom stereocenters. The fourth-order valence-corrected chi connectivity index (χ4v) is 6.29. The molecule has 4 aromatic rings. The quantitative estimate of drug-likeness (QED) is 0.261. The maximum Gasteiger partial charge on any atom is 0.150 e. The number of allylic oxidation sites excluding steroid dienone is 1. The Balaban J connectivity index is 1.30. The summed E-state index contributed by atoms with van der Waals surface area (Å²) in [5.41, 5.74) is 8.22. The number of aromatic nitrogens is 1. The van der Waals surface area contributed by atoms with Crippen LogP contribution in [0.5, 0.6) is 17.2 Å². The number of benzene rings is 3. The summed E-state index contributed by atoms with van der Waals surface area (Å²) in [5, 5.41) is 10.2. The van der Waals surface area contributed by atoms with Crippen LogP contribution in [-0.4, -0.2) is 40.7 Å². The molecule has 3 aromatic carbocycles. The van der Waals surface area contributed by atoms with Crippen LogP contribution in [0.4, 0.5) is 0 Å². The molecule has 1 aromatic heterocycles. The number of likely N-dealkylation sites (tertiary alicyclic amines) is 1. The van der Waals surface area contributed by atoms with Gasteiger partial charge in [0.25, 0.3) is 0 Å². The highest BCUT2D eigenvalue weighted by Gasteiger charge is 2.30. The second kappa shape index (κ2) is 10.9. The van der Waals surface area contributed by atoms with Gasteiger partial charge in [-0.1, -0.05) is 37.3 Å². The number of aromatic hydroxyl groups is 1. The third-order valence-electron chi connectivity index (χ3n) is 7.92. The molecule has 0 aliphatic carbocycles. The molecule has 0 bridgehead atoms. The number of thiazole rings is 1. The monoisotopic (exact) mass is 538 g/mol. The van der Waals surface area contributed by atoms with Crippen LogP contribution >= 0.6 is 11.3 Å². The largest absolute Gasteiger partial charge is 0.508 e. The molecule has 0 amide bonds. The van der Waals surface area contributed by atoms with E-state index in [1.165, 1.54) is 6.42 Å². The van der Waals surface area contributed by atoms with E-state index in [0.717, 1.165) is 68.8 Å². The lowest BCUT2D eigenvalue weighted by Crippen LogP contribution is -2.35. The van der Waals surface area contributed by atoms with Crippen LogP contribution in [0.3, 0.4) is 0 Å². The highest BCUT2D eigenvalue weighted by Crippen LogP contribution is 2.48. The number of fused-ring (bicyclic) bond motifs is 1. The Hall–Kier alpha value is -3.61. The van der Waals surface area contributed by atoms with E-state index in [9.17, 15) is 5.11 Å². The Kier molecular flexibility index (Phi) is 7.15. The maximum absolute atomic E-state index is 10.2. The van der Waals surface area contributed by atoms with Gasteiger partial charge < -0.3 is 14.6 Å². The first-order valence-electron chi connectivity index (χ1n) is 13.6. The molecular formula is C33H34N2O3S. The van der Waals surface area contributed by atoms with E-state index in [-0.39, 0.29) is 11.9 Å². The second-order valence-electron chi connectivity index (χ2n) is 10.8. The van der Waals surface area contributed by atoms with E-state index >= 15 is 0 Å². The fraction of sp³-hybridized carbons (Fsp3) is 0.303. The first kappa shape index (κ1) is 25.7. The van der Waals surface area contributed by atoms with Gasteiger partial charge in [0.2, 0.25) is 0 Å². The summed E-state index contributed by atoms with van der Waals surface area (Å²) >= 11 is 1.63. The Morgan fingerprint density at radius 2 is 1.92 bits per heavy atom. The van der Waals surface area contributed by atoms with Crippen molar-refractivity contribution in [3.8, 4) is 27.7 Å². The Morgan fingerprint density at radius 3 is 2.67 bits per heavy atom. The van der Waals surface area contributed by atoms with Crippen LogP contribution in [0.25, 0.3) is 21.6 Å². The molecule has 6 rings (SSSR count). The molecule has 3 atom stereocenters. The highest BCUT2D eigenvalue weighted by atomic mass is 32.1. The van der Waals surface area contributed by atoms with Crippen molar-refractivity contribution in [2.24, 2.45) is 5.92 Å². The summed E-state index contributed by atoms with van der Waals surface area (Å²) in [4.78, 5) is 7.90. The van der Waals surface area contributed by atoms with E-state index in [1.807, 2.05) is 29.9 Å². The third kappa shape index (κ3) is 5.32. The number of hydrogen-bond donors (Lipinski definition) is 1. The highest BCUT2D eigenvalue weighted by molar-refractivity contribution is 7.13.